The largest absolute Gasteiger partial charge is 0.341 e. The van der Waals surface area contributed by atoms with E-state index in [1.165, 1.54) is 12.1 Å². The summed E-state index contributed by atoms with van der Waals surface area (Å²) in [4.78, 5) is 13.8. The maximum Gasteiger partial charge on any atom is 0.222 e. The van der Waals surface area contributed by atoms with Crippen LogP contribution in [-0.2, 0) is 11.2 Å². The first-order chi connectivity index (χ1) is 9.19. The number of likely N-dealkylation sites (tertiary alicyclic amines) is 1. The van der Waals surface area contributed by atoms with Gasteiger partial charge in [-0.15, -0.1) is 0 Å². The van der Waals surface area contributed by atoms with Gasteiger partial charge in [-0.2, -0.15) is 5.26 Å². The first kappa shape index (κ1) is 13.5. The Labute approximate surface area is 112 Å². The second-order valence-corrected chi connectivity index (χ2v) is 4.94. The van der Waals surface area contributed by atoms with Gasteiger partial charge in [0, 0.05) is 19.5 Å². The van der Waals surface area contributed by atoms with E-state index in [-0.39, 0.29) is 17.6 Å². The van der Waals surface area contributed by atoms with Crippen molar-refractivity contribution >= 4 is 5.91 Å². The third-order valence-electron chi connectivity index (χ3n) is 3.47. The molecule has 1 heterocycles. The van der Waals surface area contributed by atoms with E-state index < -0.39 is 0 Å². The van der Waals surface area contributed by atoms with Gasteiger partial charge in [0.1, 0.15) is 5.82 Å². The molecule has 1 amide bonds. The summed E-state index contributed by atoms with van der Waals surface area (Å²) >= 11 is 0. The van der Waals surface area contributed by atoms with Crippen LogP contribution in [0.4, 0.5) is 4.39 Å². The van der Waals surface area contributed by atoms with Crippen LogP contribution in [0.1, 0.15) is 24.8 Å². The average molecular weight is 260 g/mol. The Morgan fingerprint density at radius 2 is 2.37 bits per heavy atom. The number of amides is 1. The molecule has 0 radical (unpaired) electrons. The fourth-order valence-electron chi connectivity index (χ4n) is 2.41. The van der Waals surface area contributed by atoms with Crippen LogP contribution in [0, 0.1) is 23.1 Å². The number of aryl methyl sites for hydroxylation is 1. The molecular weight excluding hydrogens is 243 g/mol. The van der Waals surface area contributed by atoms with Crippen LogP contribution >= 0.6 is 0 Å². The van der Waals surface area contributed by atoms with Crippen LogP contribution in [0.2, 0.25) is 0 Å². The lowest BCUT2D eigenvalue weighted by molar-refractivity contribution is -0.132. The topological polar surface area (TPSA) is 44.1 Å². The van der Waals surface area contributed by atoms with E-state index in [4.69, 9.17) is 5.26 Å². The number of nitriles is 1. The van der Waals surface area contributed by atoms with Crippen molar-refractivity contribution in [3.05, 3.63) is 35.6 Å². The summed E-state index contributed by atoms with van der Waals surface area (Å²) in [6, 6.07) is 8.56. The zero-order chi connectivity index (χ0) is 13.7. The summed E-state index contributed by atoms with van der Waals surface area (Å²) in [7, 11) is 0. The molecule has 1 atom stereocenters. The Kier molecular flexibility index (Phi) is 4.51. The Balaban J connectivity index is 1.86. The molecule has 0 aliphatic carbocycles. The molecule has 2 rings (SSSR count). The van der Waals surface area contributed by atoms with Crippen molar-refractivity contribution in [2.24, 2.45) is 5.92 Å². The lowest BCUT2D eigenvalue weighted by atomic mass is 9.99. The SMILES string of the molecule is N#C[C@H]1CCCN(C(=O)CCc2cccc(F)c2)C1. The van der Waals surface area contributed by atoms with Crippen molar-refractivity contribution in [1.29, 1.82) is 5.26 Å². The average Bonchev–Trinajstić information content (AvgIpc) is 2.45. The lowest BCUT2D eigenvalue weighted by Crippen LogP contribution is -2.39. The van der Waals surface area contributed by atoms with Crippen molar-refractivity contribution in [2.45, 2.75) is 25.7 Å². The molecule has 1 aromatic carbocycles. The van der Waals surface area contributed by atoms with Gasteiger partial charge in [-0.3, -0.25) is 4.79 Å². The number of halogens is 1. The molecule has 0 spiro atoms. The Morgan fingerprint density at radius 1 is 1.53 bits per heavy atom. The minimum atomic E-state index is -0.271. The van der Waals surface area contributed by atoms with Gasteiger partial charge < -0.3 is 4.90 Å². The second kappa shape index (κ2) is 6.33. The normalized spacial score (nSPS) is 18.9. The Hall–Kier alpha value is -1.89. The molecule has 100 valence electrons. The fraction of sp³-hybridized carbons (Fsp3) is 0.467. The van der Waals surface area contributed by atoms with E-state index in [0.717, 1.165) is 24.9 Å². The molecule has 0 aromatic heterocycles. The standard InChI is InChI=1S/C15H17FN2O/c16-14-5-1-3-12(9-14)6-7-15(19)18-8-2-4-13(10-17)11-18/h1,3,5,9,13H,2,4,6-8,11H2/t13-/m1/s1. The van der Waals surface area contributed by atoms with E-state index in [1.54, 1.807) is 11.0 Å². The summed E-state index contributed by atoms with van der Waals surface area (Å²) in [5.74, 6) is -0.247. The van der Waals surface area contributed by atoms with Gasteiger partial charge >= 0.3 is 0 Å². The summed E-state index contributed by atoms with van der Waals surface area (Å²) in [6.45, 7) is 1.28. The molecule has 3 nitrogen and oxygen atoms in total. The van der Waals surface area contributed by atoms with Crippen molar-refractivity contribution in [3.8, 4) is 6.07 Å². The number of carbonyl (C=O) groups is 1. The number of nitrogens with zero attached hydrogens (tertiary/aromatic N) is 2. The zero-order valence-corrected chi connectivity index (χ0v) is 10.8. The maximum absolute atomic E-state index is 13.0. The number of piperidine rings is 1. The van der Waals surface area contributed by atoms with E-state index in [9.17, 15) is 9.18 Å². The number of rotatable bonds is 3. The zero-order valence-electron chi connectivity index (χ0n) is 10.8. The Bertz CT molecular complexity index is 495. The molecule has 4 heteroatoms. The lowest BCUT2D eigenvalue weighted by Gasteiger charge is -2.29. The van der Waals surface area contributed by atoms with Gasteiger partial charge in [-0.05, 0) is 37.0 Å². The third-order valence-corrected chi connectivity index (χ3v) is 3.47. The highest BCUT2D eigenvalue weighted by Gasteiger charge is 2.22. The molecule has 19 heavy (non-hydrogen) atoms. The van der Waals surface area contributed by atoms with Crippen molar-refractivity contribution in [2.75, 3.05) is 13.1 Å². The monoisotopic (exact) mass is 260 g/mol. The van der Waals surface area contributed by atoms with Crippen LogP contribution < -0.4 is 0 Å². The van der Waals surface area contributed by atoms with E-state index in [2.05, 4.69) is 6.07 Å². The van der Waals surface area contributed by atoms with E-state index in [1.807, 2.05) is 6.07 Å². The molecule has 1 fully saturated rings. The van der Waals surface area contributed by atoms with Gasteiger partial charge in [0.05, 0.1) is 12.0 Å². The van der Waals surface area contributed by atoms with Gasteiger partial charge in [0.25, 0.3) is 0 Å². The highest BCUT2D eigenvalue weighted by molar-refractivity contribution is 5.76. The summed E-state index contributed by atoms with van der Waals surface area (Å²) < 4.78 is 13.0. The molecule has 1 aliphatic heterocycles. The van der Waals surface area contributed by atoms with Crippen LogP contribution in [0.5, 0.6) is 0 Å². The molecular formula is C15H17FN2O. The van der Waals surface area contributed by atoms with Crippen LogP contribution in [0.25, 0.3) is 0 Å². The quantitative estimate of drug-likeness (QED) is 0.838. The van der Waals surface area contributed by atoms with E-state index >= 15 is 0 Å². The molecule has 0 saturated carbocycles. The first-order valence-electron chi connectivity index (χ1n) is 6.61. The fourth-order valence-corrected chi connectivity index (χ4v) is 2.41. The van der Waals surface area contributed by atoms with Crippen LogP contribution in [0.3, 0.4) is 0 Å². The maximum atomic E-state index is 13.0. The molecule has 0 unspecified atom stereocenters. The summed E-state index contributed by atoms with van der Waals surface area (Å²) in [5, 5.41) is 8.90. The molecule has 1 aromatic rings. The van der Waals surface area contributed by atoms with Crippen molar-refractivity contribution < 1.29 is 9.18 Å². The van der Waals surface area contributed by atoms with Gasteiger partial charge in [0.15, 0.2) is 0 Å². The van der Waals surface area contributed by atoms with Gasteiger partial charge in [0.2, 0.25) is 5.91 Å². The van der Waals surface area contributed by atoms with E-state index in [0.29, 0.717) is 19.4 Å². The first-order valence-corrected chi connectivity index (χ1v) is 6.61. The smallest absolute Gasteiger partial charge is 0.222 e. The highest BCUT2D eigenvalue weighted by atomic mass is 19.1. The minimum Gasteiger partial charge on any atom is -0.341 e. The predicted molar refractivity (Wildman–Crippen MR) is 69.6 cm³/mol. The number of hydrogen-bond donors (Lipinski definition) is 0. The van der Waals surface area contributed by atoms with Gasteiger partial charge in [-0.1, -0.05) is 12.1 Å². The van der Waals surface area contributed by atoms with Crippen molar-refractivity contribution in [1.82, 2.24) is 4.90 Å². The summed E-state index contributed by atoms with van der Waals surface area (Å²) in [5.41, 5.74) is 0.835. The molecule has 0 bridgehead atoms. The molecule has 0 N–H and O–H groups in total. The number of carbonyl (C=O) groups excluding carboxylic acids is 1. The predicted octanol–water partition coefficient (Wildman–Crippen LogP) is 2.52. The summed E-state index contributed by atoms with van der Waals surface area (Å²) in [6.07, 6.45) is 2.69. The molecule has 1 aliphatic rings. The second-order valence-electron chi connectivity index (χ2n) is 4.94. The van der Waals surface area contributed by atoms with Crippen molar-refractivity contribution in [3.63, 3.8) is 0 Å². The van der Waals surface area contributed by atoms with Gasteiger partial charge in [-0.25, -0.2) is 4.39 Å². The number of benzene rings is 1. The molecule has 1 saturated heterocycles. The number of hydrogen-bond acceptors (Lipinski definition) is 2. The van der Waals surface area contributed by atoms with Crippen LogP contribution in [-0.4, -0.2) is 23.9 Å². The van der Waals surface area contributed by atoms with Crippen LogP contribution in [0.15, 0.2) is 24.3 Å². The highest BCUT2D eigenvalue weighted by Crippen LogP contribution is 2.17. The Morgan fingerprint density at radius 3 is 3.11 bits per heavy atom. The third kappa shape index (κ3) is 3.78. The minimum absolute atomic E-state index is 0.0353.